The Labute approximate surface area is 100 Å². The second-order valence-electron chi connectivity index (χ2n) is 4.02. The number of halogens is 1. The molecule has 1 N–H and O–H groups in total. The van der Waals surface area contributed by atoms with E-state index in [4.69, 9.17) is 16.3 Å². The molecule has 0 saturated heterocycles. The number of nitrogens with one attached hydrogen (secondary N) is 1. The topological polar surface area (TPSA) is 47.0 Å². The highest BCUT2D eigenvalue weighted by Gasteiger charge is 2.29. The van der Waals surface area contributed by atoms with Crippen LogP contribution in [-0.4, -0.2) is 29.2 Å². The molecule has 1 aromatic rings. The van der Waals surface area contributed by atoms with Crippen LogP contribution in [0.3, 0.4) is 0 Å². The summed E-state index contributed by atoms with van der Waals surface area (Å²) in [6.07, 6.45) is 3.24. The fraction of sp³-hybridized carbons (Fsp3) is 0.636. The summed E-state index contributed by atoms with van der Waals surface area (Å²) >= 11 is 5.91. The predicted molar refractivity (Wildman–Crippen MR) is 63.9 cm³/mol. The second kappa shape index (κ2) is 4.97. The molecule has 1 heterocycles. The summed E-state index contributed by atoms with van der Waals surface area (Å²) in [5, 5.41) is 3.84. The smallest absolute Gasteiger partial charge is 0.134 e. The van der Waals surface area contributed by atoms with Gasteiger partial charge in [-0.15, -0.1) is 0 Å². The van der Waals surface area contributed by atoms with Gasteiger partial charge in [0.25, 0.3) is 0 Å². The molecule has 1 aromatic heterocycles. The number of aryl methyl sites for hydroxylation is 1. The molecule has 1 aliphatic carbocycles. The third-order valence-corrected chi connectivity index (χ3v) is 3.03. The Morgan fingerprint density at radius 3 is 2.88 bits per heavy atom. The molecule has 0 amide bonds. The number of aromatic nitrogens is 2. The van der Waals surface area contributed by atoms with Gasteiger partial charge >= 0.3 is 0 Å². The van der Waals surface area contributed by atoms with Crippen LogP contribution in [-0.2, 0) is 11.2 Å². The third kappa shape index (κ3) is 2.62. The van der Waals surface area contributed by atoms with E-state index in [2.05, 4.69) is 15.3 Å². The van der Waals surface area contributed by atoms with Gasteiger partial charge in [-0.05, 0) is 12.8 Å². The van der Waals surface area contributed by atoms with Crippen molar-refractivity contribution >= 4 is 17.4 Å². The van der Waals surface area contributed by atoms with Crippen molar-refractivity contribution in [3.05, 3.63) is 17.0 Å². The van der Waals surface area contributed by atoms with Gasteiger partial charge in [-0.2, -0.15) is 0 Å². The van der Waals surface area contributed by atoms with Gasteiger partial charge in [-0.1, -0.05) is 18.5 Å². The highest BCUT2D eigenvalue weighted by atomic mass is 35.5. The van der Waals surface area contributed by atoms with Gasteiger partial charge < -0.3 is 10.1 Å². The predicted octanol–water partition coefficient (Wildman–Crippen LogP) is 2.28. The van der Waals surface area contributed by atoms with Crippen molar-refractivity contribution < 1.29 is 4.74 Å². The molecule has 1 aliphatic rings. The minimum atomic E-state index is 0.389. The van der Waals surface area contributed by atoms with Gasteiger partial charge in [0.2, 0.25) is 0 Å². The summed E-state index contributed by atoms with van der Waals surface area (Å²) in [4.78, 5) is 8.50. The first-order valence-corrected chi connectivity index (χ1v) is 5.92. The Bertz CT molecular complexity index is 366. The van der Waals surface area contributed by atoms with E-state index in [0.29, 0.717) is 17.3 Å². The van der Waals surface area contributed by atoms with Crippen LogP contribution in [0.15, 0.2) is 6.07 Å². The number of hydrogen-bond acceptors (Lipinski definition) is 4. The van der Waals surface area contributed by atoms with Gasteiger partial charge in [0.05, 0.1) is 6.10 Å². The van der Waals surface area contributed by atoms with E-state index < -0.39 is 0 Å². The van der Waals surface area contributed by atoms with E-state index in [1.54, 1.807) is 13.2 Å². The molecule has 5 heteroatoms. The molecule has 16 heavy (non-hydrogen) atoms. The molecule has 1 saturated carbocycles. The Morgan fingerprint density at radius 1 is 1.50 bits per heavy atom. The van der Waals surface area contributed by atoms with Crippen molar-refractivity contribution in [1.29, 1.82) is 0 Å². The quantitative estimate of drug-likeness (QED) is 0.822. The molecule has 1 fully saturated rings. The fourth-order valence-corrected chi connectivity index (χ4v) is 1.98. The molecule has 2 rings (SSSR count). The first-order chi connectivity index (χ1) is 7.71. The molecule has 0 aliphatic heterocycles. The molecule has 0 spiro atoms. The maximum atomic E-state index is 5.91. The van der Waals surface area contributed by atoms with E-state index in [-0.39, 0.29) is 0 Å². The normalized spacial score (nSPS) is 23.9. The van der Waals surface area contributed by atoms with Crippen LogP contribution in [0.5, 0.6) is 0 Å². The van der Waals surface area contributed by atoms with Crippen LogP contribution in [0.2, 0.25) is 5.15 Å². The van der Waals surface area contributed by atoms with Crippen molar-refractivity contribution in [2.24, 2.45) is 0 Å². The summed E-state index contributed by atoms with van der Waals surface area (Å²) in [6.45, 7) is 2.01. The van der Waals surface area contributed by atoms with E-state index in [0.717, 1.165) is 30.9 Å². The van der Waals surface area contributed by atoms with Gasteiger partial charge in [-0.25, -0.2) is 9.97 Å². The molecule has 0 bridgehead atoms. The summed E-state index contributed by atoms with van der Waals surface area (Å²) in [5.41, 5.74) is 0. The van der Waals surface area contributed by atoms with Crippen LogP contribution in [0.4, 0.5) is 5.82 Å². The van der Waals surface area contributed by atoms with Crippen molar-refractivity contribution in [2.45, 2.75) is 38.3 Å². The molecule has 0 aromatic carbocycles. The van der Waals surface area contributed by atoms with Gasteiger partial charge in [0.15, 0.2) is 0 Å². The lowest BCUT2D eigenvalue weighted by molar-refractivity contribution is 0.0328. The lowest BCUT2D eigenvalue weighted by Crippen LogP contribution is -2.40. The number of ether oxygens (including phenoxy) is 1. The zero-order chi connectivity index (χ0) is 11.5. The van der Waals surface area contributed by atoms with Crippen molar-refractivity contribution in [3.8, 4) is 0 Å². The molecule has 4 nitrogen and oxygen atoms in total. The number of anilines is 1. The number of methoxy groups -OCH3 is 1. The lowest BCUT2D eigenvalue weighted by Gasteiger charge is -2.34. The minimum Gasteiger partial charge on any atom is -0.381 e. The maximum Gasteiger partial charge on any atom is 0.134 e. The SMILES string of the molecule is CCc1nc(Cl)cc(NC2CC(OC)C2)n1. The zero-order valence-corrected chi connectivity index (χ0v) is 10.3. The first-order valence-electron chi connectivity index (χ1n) is 5.54. The van der Waals surface area contributed by atoms with Crippen molar-refractivity contribution in [2.75, 3.05) is 12.4 Å². The third-order valence-electron chi connectivity index (χ3n) is 2.84. The molecule has 0 radical (unpaired) electrons. The van der Waals surface area contributed by atoms with E-state index >= 15 is 0 Å². The molecular formula is C11H16ClN3O. The van der Waals surface area contributed by atoms with Crippen LogP contribution >= 0.6 is 11.6 Å². The van der Waals surface area contributed by atoms with E-state index in [9.17, 15) is 0 Å². The second-order valence-corrected chi connectivity index (χ2v) is 4.40. The average molecular weight is 242 g/mol. The minimum absolute atomic E-state index is 0.389. The molecule has 88 valence electrons. The van der Waals surface area contributed by atoms with Crippen LogP contribution < -0.4 is 5.32 Å². The first kappa shape index (κ1) is 11.6. The van der Waals surface area contributed by atoms with Gasteiger partial charge in [-0.3, -0.25) is 0 Å². The Balaban J connectivity index is 1.97. The summed E-state index contributed by atoms with van der Waals surface area (Å²) in [5.74, 6) is 1.59. The van der Waals surface area contributed by atoms with Crippen LogP contribution in [0, 0.1) is 0 Å². The van der Waals surface area contributed by atoms with E-state index in [1.165, 1.54) is 0 Å². The fourth-order valence-electron chi connectivity index (χ4n) is 1.78. The van der Waals surface area contributed by atoms with Crippen LogP contribution in [0.25, 0.3) is 0 Å². The number of hydrogen-bond donors (Lipinski definition) is 1. The highest BCUT2D eigenvalue weighted by molar-refractivity contribution is 6.29. The Morgan fingerprint density at radius 2 is 2.25 bits per heavy atom. The summed E-state index contributed by atoms with van der Waals surface area (Å²) in [7, 11) is 1.75. The number of rotatable bonds is 4. The summed E-state index contributed by atoms with van der Waals surface area (Å²) < 4.78 is 5.22. The lowest BCUT2D eigenvalue weighted by atomic mass is 9.89. The zero-order valence-electron chi connectivity index (χ0n) is 9.53. The Hall–Kier alpha value is -0.870. The molecule has 0 unspecified atom stereocenters. The number of nitrogens with zero attached hydrogens (tertiary/aromatic N) is 2. The standard InChI is InChI=1S/C11H16ClN3O/c1-3-10-14-9(12)6-11(15-10)13-7-4-8(5-7)16-2/h6-8H,3-5H2,1-2H3,(H,13,14,15). The van der Waals surface area contributed by atoms with Crippen molar-refractivity contribution in [3.63, 3.8) is 0 Å². The Kier molecular flexibility index (Phi) is 3.61. The largest absolute Gasteiger partial charge is 0.381 e. The van der Waals surface area contributed by atoms with Gasteiger partial charge in [0, 0.05) is 25.6 Å². The van der Waals surface area contributed by atoms with Crippen molar-refractivity contribution in [1.82, 2.24) is 9.97 Å². The van der Waals surface area contributed by atoms with Crippen LogP contribution in [0.1, 0.15) is 25.6 Å². The van der Waals surface area contributed by atoms with E-state index in [1.807, 2.05) is 6.92 Å². The monoisotopic (exact) mass is 241 g/mol. The average Bonchev–Trinajstić information content (AvgIpc) is 2.22. The summed E-state index contributed by atoms with van der Waals surface area (Å²) in [6, 6.07) is 2.21. The molecular weight excluding hydrogens is 226 g/mol. The molecule has 0 atom stereocenters. The maximum absolute atomic E-state index is 5.91. The van der Waals surface area contributed by atoms with Gasteiger partial charge in [0.1, 0.15) is 16.8 Å². The highest BCUT2D eigenvalue weighted by Crippen LogP contribution is 2.26.